The first kappa shape index (κ1) is 48.8. The van der Waals surface area contributed by atoms with Crippen molar-refractivity contribution in [1.82, 2.24) is 14.1 Å². The zero-order valence-corrected chi connectivity index (χ0v) is 46.4. The number of aromatic nitrogens is 3. The Hall–Kier alpha value is -11.9. The average Bonchev–Trinajstić information content (AvgIpc) is 1.11. The van der Waals surface area contributed by atoms with Crippen LogP contribution in [0.1, 0.15) is 11.1 Å². The molecule has 3 aromatic heterocycles. The Kier molecular flexibility index (Phi) is 11.0. The summed E-state index contributed by atoms with van der Waals surface area (Å²) < 4.78 is 4.58. The lowest BCUT2D eigenvalue weighted by atomic mass is 9.89. The maximum Gasteiger partial charge on any atom is 0.0991 e. The third-order valence-corrected chi connectivity index (χ3v) is 17.7. The lowest BCUT2D eigenvalue weighted by Gasteiger charge is -2.15. The third kappa shape index (κ3) is 7.81. The summed E-state index contributed by atoms with van der Waals surface area (Å²) in [6, 6.07) is 102. The van der Waals surface area contributed by atoms with Gasteiger partial charge in [-0.05, 0) is 243 Å². The lowest BCUT2D eigenvalue weighted by Crippen LogP contribution is -1.93. The molecule has 0 amide bonds. The van der Waals surface area contributed by atoms with E-state index in [4.69, 9.17) is 0 Å². The molecule has 15 aromatic carbocycles. The molecule has 0 unspecified atom stereocenters. The van der Waals surface area contributed by atoms with E-state index in [9.17, 15) is 10.5 Å². The summed E-state index contributed by atoms with van der Waals surface area (Å²) in [6.07, 6.45) is 3.74. The van der Waals surface area contributed by atoms with Crippen LogP contribution in [0.4, 0.5) is 0 Å². The first-order valence-corrected chi connectivity index (χ1v) is 29.0. The van der Waals surface area contributed by atoms with E-state index in [0.29, 0.717) is 11.1 Å². The fourth-order valence-corrected chi connectivity index (χ4v) is 13.8. The number of hydrogen-bond donors (Lipinski definition) is 0. The molecule has 5 heteroatoms. The molecular formula is C81H47N5. The van der Waals surface area contributed by atoms with Gasteiger partial charge in [0.15, 0.2) is 0 Å². The largest absolute Gasteiger partial charge is 0.309 e. The van der Waals surface area contributed by atoms with Gasteiger partial charge in [-0.3, -0.25) is 4.98 Å². The van der Waals surface area contributed by atoms with Gasteiger partial charge in [0.25, 0.3) is 0 Å². The highest BCUT2D eigenvalue weighted by atomic mass is 15.0. The summed E-state index contributed by atoms with van der Waals surface area (Å²) >= 11 is 0. The van der Waals surface area contributed by atoms with Gasteiger partial charge in [-0.15, -0.1) is 0 Å². The van der Waals surface area contributed by atoms with Crippen LogP contribution in [0.15, 0.2) is 285 Å². The lowest BCUT2D eigenvalue weighted by molar-refractivity contribution is 1.18. The Labute approximate surface area is 494 Å². The molecule has 18 aromatic rings. The van der Waals surface area contributed by atoms with E-state index >= 15 is 0 Å². The SMILES string of the molecule is N#Cc1ccc2c(c1)c1cc(-c3cc4ccc5cc(-c6ccccc6)cc6ccc(c3)c4c56)ccc1n2-c1ccccc1.N#Cc1ccc2c(c1)c1cc(-c3cc4ccc5cc(-c6cccnc6)cc6ccc(c3)c4c56)ccc1n2-c1ccccc1. The minimum atomic E-state index is 0.666. The Morgan fingerprint density at radius 2 is 0.570 bits per heavy atom. The molecule has 0 radical (unpaired) electrons. The molecular weight excluding hydrogens is 1040 g/mol. The number of nitriles is 2. The van der Waals surface area contributed by atoms with Crippen molar-refractivity contribution in [3.63, 3.8) is 0 Å². The number of fused-ring (bicyclic) bond motifs is 6. The van der Waals surface area contributed by atoms with E-state index in [1.165, 1.54) is 98.0 Å². The van der Waals surface area contributed by atoms with E-state index in [2.05, 4.69) is 257 Å². The fourth-order valence-electron chi connectivity index (χ4n) is 13.8. The summed E-state index contributed by atoms with van der Waals surface area (Å²) in [4.78, 5) is 4.32. The van der Waals surface area contributed by atoms with Gasteiger partial charge in [-0.25, -0.2) is 0 Å². The minimum Gasteiger partial charge on any atom is -0.309 e. The van der Waals surface area contributed by atoms with Crippen molar-refractivity contribution in [2.75, 3.05) is 0 Å². The van der Waals surface area contributed by atoms with Crippen LogP contribution in [-0.2, 0) is 0 Å². The van der Waals surface area contributed by atoms with E-state index in [0.717, 1.165) is 66.1 Å². The summed E-state index contributed by atoms with van der Waals surface area (Å²) in [5.41, 5.74) is 17.5. The van der Waals surface area contributed by atoms with Crippen LogP contribution in [0.5, 0.6) is 0 Å². The van der Waals surface area contributed by atoms with Gasteiger partial charge in [0.05, 0.1) is 45.3 Å². The van der Waals surface area contributed by atoms with Gasteiger partial charge in [0.1, 0.15) is 0 Å². The zero-order valence-electron chi connectivity index (χ0n) is 46.4. The van der Waals surface area contributed by atoms with Crippen molar-refractivity contribution >= 4 is 108 Å². The average molecular weight is 1090 g/mol. The third-order valence-electron chi connectivity index (χ3n) is 17.7. The van der Waals surface area contributed by atoms with Crippen molar-refractivity contribution in [1.29, 1.82) is 10.5 Å². The molecule has 86 heavy (non-hydrogen) atoms. The molecule has 396 valence electrons. The summed E-state index contributed by atoms with van der Waals surface area (Å²) in [5.74, 6) is 0. The van der Waals surface area contributed by atoms with Gasteiger partial charge in [0, 0.05) is 50.9 Å². The molecule has 0 saturated carbocycles. The smallest absolute Gasteiger partial charge is 0.0991 e. The fraction of sp³-hybridized carbons (Fsp3) is 0. The second-order valence-corrected chi connectivity index (χ2v) is 22.6. The van der Waals surface area contributed by atoms with Crippen molar-refractivity contribution in [3.05, 3.63) is 297 Å². The highest BCUT2D eigenvalue weighted by Crippen LogP contribution is 2.44. The molecule has 0 aliphatic carbocycles. The van der Waals surface area contributed by atoms with E-state index in [1.807, 2.05) is 54.9 Å². The number of nitrogens with zero attached hydrogens (tertiary/aromatic N) is 5. The predicted molar refractivity (Wildman–Crippen MR) is 358 cm³/mol. The van der Waals surface area contributed by atoms with Crippen LogP contribution in [0, 0.1) is 22.7 Å². The molecule has 0 atom stereocenters. The number of rotatable bonds is 6. The van der Waals surface area contributed by atoms with Crippen LogP contribution < -0.4 is 0 Å². The second-order valence-electron chi connectivity index (χ2n) is 22.6. The molecule has 18 rings (SSSR count). The Morgan fingerprint density at radius 3 is 0.919 bits per heavy atom. The molecule has 3 heterocycles. The molecule has 0 bridgehead atoms. The topological polar surface area (TPSA) is 70.3 Å². The maximum atomic E-state index is 9.67. The number of para-hydroxylation sites is 2. The van der Waals surface area contributed by atoms with Gasteiger partial charge < -0.3 is 9.13 Å². The molecule has 0 aliphatic heterocycles. The van der Waals surface area contributed by atoms with Gasteiger partial charge in [-0.1, -0.05) is 133 Å². The number of pyridine rings is 1. The molecule has 0 fully saturated rings. The number of benzene rings is 15. The standard InChI is InChI=1S/C41H24N2.C40H23N3/c42-25-26-11-17-38-36(19-26)37-24-28(16-18-39(37)43(38)35-9-5-2-6-10-35)34-22-31-14-12-29-20-33(27-7-3-1-4-8-27)21-30-13-15-32(23-34)41(31)40(29)30;41-23-25-8-14-37-35(17-25)36-22-26(13-15-38(36)43(37)34-6-2-1-3-7-34)32-18-27-9-11-29-20-33(31-5-4-16-42-24-31)21-30-12-10-28(19-32)39(27)40(29)30/h1-24H;1-22,24H. The first-order chi connectivity index (χ1) is 42.5. The Morgan fingerprint density at radius 1 is 0.256 bits per heavy atom. The van der Waals surface area contributed by atoms with Gasteiger partial charge in [-0.2, -0.15) is 10.5 Å². The highest BCUT2D eigenvalue weighted by Gasteiger charge is 2.19. The van der Waals surface area contributed by atoms with Crippen LogP contribution in [0.25, 0.3) is 164 Å². The highest BCUT2D eigenvalue weighted by molar-refractivity contribution is 6.26. The van der Waals surface area contributed by atoms with E-state index < -0.39 is 0 Å². The van der Waals surface area contributed by atoms with Crippen molar-refractivity contribution in [2.24, 2.45) is 0 Å². The van der Waals surface area contributed by atoms with Crippen LogP contribution >= 0.6 is 0 Å². The van der Waals surface area contributed by atoms with Gasteiger partial charge in [0.2, 0.25) is 0 Å². The maximum absolute atomic E-state index is 9.67. The van der Waals surface area contributed by atoms with Crippen LogP contribution in [-0.4, -0.2) is 14.1 Å². The van der Waals surface area contributed by atoms with Gasteiger partial charge >= 0.3 is 0 Å². The molecule has 0 aliphatic rings. The predicted octanol–water partition coefficient (Wildman–Crippen LogP) is 21.2. The van der Waals surface area contributed by atoms with E-state index in [-0.39, 0.29) is 0 Å². The number of hydrogen-bond acceptors (Lipinski definition) is 3. The Balaban J connectivity index is 0.000000134. The van der Waals surface area contributed by atoms with Crippen molar-refractivity contribution in [2.45, 2.75) is 0 Å². The molecule has 0 saturated heterocycles. The Bertz CT molecular complexity index is 5330. The van der Waals surface area contributed by atoms with Crippen molar-refractivity contribution < 1.29 is 0 Å². The van der Waals surface area contributed by atoms with Crippen LogP contribution in [0.3, 0.4) is 0 Å². The van der Waals surface area contributed by atoms with Crippen LogP contribution in [0.2, 0.25) is 0 Å². The van der Waals surface area contributed by atoms with Crippen molar-refractivity contribution in [3.8, 4) is 68.0 Å². The zero-order chi connectivity index (χ0) is 57.0. The quantitative estimate of drug-likeness (QED) is 0.156. The second kappa shape index (κ2) is 19.4. The molecule has 0 N–H and O–H groups in total. The summed E-state index contributed by atoms with van der Waals surface area (Å²) in [5, 5.41) is 39.0. The monoisotopic (exact) mass is 1090 g/mol. The van der Waals surface area contributed by atoms with E-state index in [1.54, 1.807) is 0 Å². The first-order valence-electron chi connectivity index (χ1n) is 29.0. The summed E-state index contributed by atoms with van der Waals surface area (Å²) in [6.45, 7) is 0. The minimum absolute atomic E-state index is 0.666. The normalized spacial score (nSPS) is 11.7. The molecule has 0 spiro atoms. The molecule has 5 nitrogen and oxygen atoms in total. The summed E-state index contributed by atoms with van der Waals surface area (Å²) in [7, 11) is 0.